The van der Waals surface area contributed by atoms with Crippen molar-refractivity contribution in [2.75, 3.05) is 26.2 Å². The summed E-state index contributed by atoms with van der Waals surface area (Å²) in [7, 11) is -7.30. The summed E-state index contributed by atoms with van der Waals surface area (Å²) in [6.45, 7) is 7.81. The Bertz CT molecular complexity index is 1010. The second-order valence-electron chi connectivity index (χ2n) is 7.35. The molecule has 2 aromatic carbocycles. The molecule has 0 unspecified atom stereocenters. The predicted octanol–water partition coefficient (Wildman–Crippen LogP) is 2.62. The van der Waals surface area contributed by atoms with Crippen LogP contribution in [-0.2, 0) is 20.0 Å². The first-order valence-electron chi connectivity index (χ1n) is 9.18. The van der Waals surface area contributed by atoms with Crippen molar-refractivity contribution < 1.29 is 16.8 Å². The van der Waals surface area contributed by atoms with E-state index >= 15 is 0 Å². The van der Waals surface area contributed by atoms with Gasteiger partial charge in [0.15, 0.2) is 0 Å². The number of piperazine rings is 1. The molecular weight excluding hydrogens is 396 g/mol. The van der Waals surface area contributed by atoms with Gasteiger partial charge in [0.2, 0.25) is 20.0 Å². The van der Waals surface area contributed by atoms with Gasteiger partial charge in [-0.3, -0.25) is 0 Å². The second kappa shape index (κ2) is 7.59. The van der Waals surface area contributed by atoms with E-state index in [0.717, 1.165) is 11.1 Å². The quantitative estimate of drug-likeness (QED) is 0.759. The number of nitrogens with zero attached hydrogens (tertiary/aromatic N) is 2. The van der Waals surface area contributed by atoms with Crippen LogP contribution in [0.5, 0.6) is 0 Å². The minimum absolute atomic E-state index is 0.139. The molecule has 0 aromatic heterocycles. The predicted molar refractivity (Wildman–Crippen MR) is 109 cm³/mol. The van der Waals surface area contributed by atoms with Gasteiger partial charge in [0.25, 0.3) is 0 Å². The van der Waals surface area contributed by atoms with Gasteiger partial charge in [0, 0.05) is 26.2 Å². The van der Waals surface area contributed by atoms with Crippen molar-refractivity contribution in [1.82, 2.24) is 8.61 Å². The third-order valence-electron chi connectivity index (χ3n) is 5.12. The fourth-order valence-electron chi connectivity index (χ4n) is 3.40. The highest BCUT2D eigenvalue weighted by molar-refractivity contribution is 7.89. The molecule has 0 N–H and O–H groups in total. The van der Waals surface area contributed by atoms with Gasteiger partial charge < -0.3 is 0 Å². The summed E-state index contributed by atoms with van der Waals surface area (Å²) >= 11 is 0. The molecule has 0 saturated carbocycles. The molecule has 152 valence electrons. The zero-order valence-electron chi connectivity index (χ0n) is 16.6. The standard InChI is InChI=1S/C20H26N2O4S2/c1-15-5-7-17(3)19(13-15)27(23,24)21-9-11-22(12-10-21)28(25,26)20-14-16(2)6-8-18(20)4/h5-8,13-14H,9-12H2,1-4H3. The highest BCUT2D eigenvalue weighted by atomic mass is 32.2. The molecule has 0 radical (unpaired) electrons. The summed E-state index contributed by atoms with van der Waals surface area (Å²) in [6, 6.07) is 10.7. The molecule has 1 heterocycles. The van der Waals surface area contributed by atoms with Crippen LogP contribution in [0.2, 0.25) is 0 Å². The van der Waals surface area contributed by atoms with E-state index in [1.165, 1.54) is 8.61 Å². The van der Waals surface area contributed by atoms with E-state index in [2.05, 4.69) is 0 Å². The zero-order valence-corrected chi connectivity index (χ0v) is 18.3. The normalized spacial score (nSPS) is 17.0. The van der Waals surface area contributed by atoms with Crippen LogP contribution in [0.1, 0.15) is 22.3 Å². The number of aryl methyl sites for hydroxylation is 4. The first kappa shape index (κ1) is 21.0. The van der Waals surface area contributed by atoms with E-state index in [1.54, 1.807) is 38.1 Å². The molecule has 0 bridgehead atoms. The fourth-order valence-corrected chi connectivity index (χ4v) is 6.86. The second-order valence-corrected chi connectivity index (χ2v) is 11.2. The van der Waals surface area contributed by atoms with Crippen LogP contribution >= 0.6 is 0 Å². The molecule has 0 spiro atoms. The summed E-state index contributed by atoms with van der Waals surface area (Å²) in [6.07, 6.45) is 0. The Morgan fingerprint density at radius 1 is 0.607 bits per heavy atom. The van der Waals surface area contributed by atoms with Gasteiger partial charge in [-0.05, 0) is 62.1 Å². The maximum atomic E-state index is 13.0. The van der Waals surface area contributed by atoms with Crippen LogP contribution in [0, 0.1) is 27.7 Å². The molecule has 2 aromatic rings. The van der Waals surface area contributed by atoms with Gasteiger partial charge in [-0.25, -0.2) is 16.8 Å². The van der Waals surface area contributed by atoms with E-state index in [0.29, 0.717) is 20.9 Å². The Morgan fingerprint density at radius 3 is 1.25 bits per heavy atom. The summed E-state index contributed by atoms with van der Waals surface area (Å²) in [5.74, 6) is 0. The number of benzene rings is 2. The molecule has 28 heavy (non-hydrogen) atoms. The molecule has 0 atom stereocenters. The van der Waals surface area contributed by atoms with Crippen LogP contribution in [0.3, 0.4) is 0 Å². The van der Waals surface area contributed by atoms with Crippen molar-refractivity contribution in [3.8, 4) is 0 Å². The lowest BCUT2D eigenvalue weighted by molar-refractivity contribution is 0.272. The Labute approximate surface area is 167 Å². The van der Waals surface area contributed by atoms with Crippen molar-refractivity contribution >= 4 is 20.0 Å². The van der Waals surface area contributed by atoms with E-state index < -0.39 is 20.0 Å². The van der Waals surface area contributed by atoms with E-state index in [4.69, 9.17) is 0 Å². The number of hydrogen-bond donors (Lipinski definition) is 0. The van der Waals surface area contributed by atoms with Crippen LogP contribution in [-0.4, -0.2) is 51.6 Å². The molecule has 8 heteroatoms. The topological polar surface area (TPSA) is 74.8 Å². The maximum Gasteiger partial charge on any atom is 0.243 e. The average Bonchev–Trinajstić information content (AvgIpc) is 2.65. The smallest absolute Gasteiger partial charge is 0.207 e. The van der Waals surface area contributed by atoms with Crippen molar-refractivity contribution in [2.45, 2.75) is 37.5 Å². The van der Waals surface area contributed by atoms with E-state index in [9.17, 15) is 16.8 Å². The molecule has 3 rings (SSSR count). The van der Waals surface area contributed by atoms with Crippen LogP contribution in [0.4, 0.5) is 0 Å². The zero-order chi connectivity index (χ0) is 20.7. The van der Waals surface area contributed by atoms with Crippen LogP contribution < -0.4 is 0 Å². The number of hydrogen-bond acceptors (Lipinski definition) is 4. The minimum atomic E-state index is -3.65. The lowest BCUT2D eigenvalue weighted by Gasteiger charge is -2.33. The minimum Gasteiger partial charge on any atom is -0.207 e. The van der Waals surface area contributed by atoms with E-state index in [1.807, 2.05) is 26.0 Å². The van der Waals surface area contributed by atoms with Gasteiger partial charge >= 0.3 is 0 Å². The number of sulfonamides is 2. The molecule has 6 nitrogen and oxygen atoms in total. The summed E-state index contributed by atoms with van der Waals surface area (Å²) < 4.78 is 54.9. The maximum absolute atomic E-state index is 13.0. The van der Waals surface area contributed by atoms with Gasteiger partial charge in [0.1, 0.15) is 0 Å². The lowest BCUT2D eigenvalue weighted by atomic mass is 10.2. The molecule has 0 aliphatic carbocycles. The molecule has 1 aliphatic rings. The van der Waals surface area contributed by atoms with E-state index in [-0.39, 0.29) is 26.2 Å². The molecule has 1 fully saturated rings. The van der Waals surface area contributed by atoms with Crippen molar-refractivity contribution in [1.29, 1.82) is 0 Å². The lowest BCUT2D eigenvalue weighted by Crippen LogP contribution is -2.50. The van der Waals surface area contributed by atoms with Gasteiger partial charge in [-0.15, -0.1) is 0 Å². The van der Waals surface area contributed by atoms with Crippen molar-refractivity contribution in [2.24, 2.45) is 0 Å². The Balaban J connectivity index is 1.82. The number of rotatable bonds is 4. The summed E-state index contributed by atoms with van der Waals surface area (Å²) in [5.41, 5.74) is 3.13. The van der Waals surface area contributed by atoms with Crippen molar-refractivity contribution in [3.05, 3.63) is 58.7 Å². The van der Waals surface area contributed by atoms with Gasteiger partial charge in [-0.1, -0.05) is 24.3 Å². The molecule has 1 aliphatic heterocycles. The monoisotopic (exact) mass is 422 g/mol. The van der Waals surface area contributed by atoms with Crippen LogP contribution in [0.15, 0.2) is 46.2 Å². The molecule has 1 saturated heterocycles. The Kier molecular flexibility index (Phi) is 5.69. The third-order valence-corrected chi connectivity index (χ3v) is 9.20. The summed E-state index contributed by atoms with van der Waals surface area (Å²) in [4.78, 5) is 0.580. The Morgan fingerprint density at radius 2 is 0.929 bits per heavy atom. The van der Waals surface area contributed by atoms with Gasteiger partial charge in [-0.2, -0.15) is 8.61 Å². The molecule has 0 amide bonds. The van der Waals surface area contributed by atoms with Gasteiger partial charge in [0.05, 0.1) is 9.79 Å². The highest BCUT2D eigenvalue weighted by Crippen LogP contribution is 2.26. The summed E-state index contributed by atoms with van der Waals surface area (Å²) in [5, 5.41) is 0. The first-order chi connectivity index (χ1) is 13.0. The SMILES string of the molecule is Cc1ccc(C)c(S(=O)(=O)N2CCN(S(=O)(=O)c3cc(C)ccc3C)CC2)c1. The highest BCUT2D eigenvalue weighted by Gasteiger charge is 2.34. The first-order valence-corrected chi connectivity index (χ1v) is 12.1. The van der Waals surface area contributed by atoms with Crippen molar-refractivity contribution in [3.63, 3.8) is 0 Å². The third kappa shape index (κ3) is 3.87. The largest absolute Gasteiger partial charge is 0.243 e. The fraction of sp³-hybridized carbons (Fsp3) is 0.400. The average molecular weight is 423 g/mol. The van der Waals surface area contributed by atoms with Crippen LogP contribution in [0.25, 0.3) is 0 Å². The molecular formula is C20H26N2O4S2. The Hall–Kier alpha value is -1.74.